The monoisotopic (exact) mass is 657 g/mol. The molecule has 6 rings (SSSR count). The van der Waals surface area contributed by atoms with Crippen molar-refractivity contribution in [3.8, 4) is 0 Å². The van der Waals surface area contributed by atoms with Gasteiger partial charge in [-0.05, 0) is 93.3 Å². The molecule has 0 bridgehead atoms. The van der Waals surface area contributed by atoms with Gasteiger partial charge in [0.1, 0.15) is 5.60 Å². The second-order valence-electron chi connectivity index (χ2n) is 14.2. The van der Waals surface area contributed by atoms with Gasteiger partial charge in [0.2, 0.25) is 17.7 Å². The second-order valence-corrected chi connectivity index (χ2v) is 14.2. The number of carbonyl (C=O) groups excluding carboxylic acids is 3. The molecule has 2 aliphatic carbocycles. The fraction of sp³-hybridized carbons (Fsp3) is 0.421. The Morgan fingerprint density at radius 3 is 2.38 bits per heavy atom. The van der Waals surface area contributed by atoms with E-state index in [1.807, 2.05) is 69.3 Å². The fourth-order valence-corrected chi connectivity index (χ4v) is 6.51. The third kappa shape index (κ3) is 7.91. The van der Waals surface area contributed by atoms with E-state index >= 15 is 0 Å². The molecule has 0 radical (unpaired) electrons. The first-order valence-electron chi connectivity index (χ1n) is 16.5. The summed E-state index contributed by atoms with van der Waals surface area (Å²) in [6, 6.07) is 23.8. The zero-order valence-electron chi connectivity index (χ0n) is 27.5. The summed E-state index contributed by atoms with van der Waals surface area (Å²) < 4.78 is 40.1. The van der Waals surface area contributed by atoms with Crippen LogP contribution in [-0.4, -0.2) is 46.8 Å². The van der Waals surface area contributed by atoms with Gasteiger partial charge in [-0.1, -0.05) is 54.6 Å². The second kappa shape index (κ2) is 13.1. The molecule has 10 heteroatoms. The van der Waals surface area contributed by atoms with Gasteiger partial charge < -0.3 is 14.8 Å². The summed E-state index contributed by atoms with van der Waals surface area (Å²) in [5.41, 5.74) is 2.45. The smallest absolute Gasteiger partial charge is 0.312 e. The number of amides is 2. The number of esters is 1. The number of halogens is 2. The van der Waals surface area contributed by atoms with Crippen LogP contribution in [0.2, 0.25) is 0 Å². The number of anilines is 1. The van der Waals surface area contributed by atoms with Crippen molar-refractivity contribution in [3.63, 3.8) is 0 Å². The predicted octanol–water partition coefficient (Wildman–Crippen LogP) is 7.23. The lowest BCUT2D eigenvalue weighted by Gasteiger charge is -2.25. The first-order chi connectivity index (χ1) is 22.8. The number of ether oxygens (including phenoxy) is 2. The topological polar surface area (TPSA) is 97.3 Å². The van der Waals surface area contributed by atoms with Crippen LogP contribution in [0.3, 0.4) is 0 Å². The minimum atomic E-state index is -2.82. The Bertz CT molecular complexity index is 1700. The maximum Gasteiger partial charge on any atom is 0.312 e. The molecule has 8 nitrogen and oxygen atoms in total. The lowest BCUT2D eigenvalue weighted by molar-refractivity contribution is -0.161. The molecule has 2 amide bonds. The van der Waals surface area contributed by atoms with Gasteiger partial charge in [-0.15, -0.1) is 5.10 Å². The molecular weight excluding hydrogens is 616 g/mol. The summed E-state index contributed by atoms with van der Waals surface area (Å²) in [7, 11) is 0. The Morgan fingerprint density at radius 2 is 1.73 bits per heavy atom. The van der Waals surface area contributed by atoms with Gasteiger partial charge in [0, 0.05) is 24.1 Å². The van der Waals surface area contributed by atoms with Crippen molar-refractivity contribution in [1.82, 2.24) is 5.01 Å². The van der Waals surface area contributed by atoms with Crippen LogP contribution in [0.5, 0.6) is 0 Å². The molecule has 2 atom stereocenters. The lowest BCUT2D eigenvalue weighted by Crippen LogP contribution is -2.36. The van der Waals surface area contributed by atoms with Crippen molar-refractivity contribution in [3.05, 3.63) is 101 Å². The van der Waals surface area contributed by atoms with Gasteiger partial charge in [-0.2, -0.15) is 0 Å². The molecule has 1 heterocycles. The lowest BCUT2D eigenvalue weighted by atomic mass is 9.83. The summed E-state index contributed by atoms with van der Waals surface area (Å²) in [6.07, 6.45) is 1.57. The maximum atomic E-state index is 14.4. The van der Waals surface area contributed by atoms with E-state index < -0.39 is 28.8 Å². The van der Waals surface area contributed by atoms with E-state index in [9.17, 15) is 23.2 Å². The van der Waals surface area contributed by atoms with Crippen LogP contribution in [0.15, 0.2) is 84.0 Å². The summed E-state index contributed by atoms with van der Waals surface area (Å²) in [5.74, 6) is -4.69. The highest BCUT2D eigenvalue weighted by Crippen LogP contribution is 2.50. The number of alkyl halides is 2. The molecule has 1 N–H and O–H groups in total. The molecule has 1 aliphatic heterocycles. The number of benzene rings is 3. The maximum absolute atomic E-state index is 14.4. The molecule has 48 heavy (non-hydrogen) atoms. The summed E-state index contributed by atoms with van der Waals surface area (Å²) in [6.45, 7) is 5.61. The van der Waals surface area contributed by atoms with Gasteiger partial charge in [0.05, 0.1) is 17.9 Å². The highest BCUT2D eigenvalue weighted by Gasteiger charge is 2.52. The van der Waals surface area contributed by atoms with Gasteiger partial charge in [0.15, 0.2) is 6.61 Å². The highest BCUT2D eigenvalue weighted by atomic mass is 19.3. The van der Waals surface area contributed by atoms with Gasteiger partial charge >= 0.3 is 5.97 Å². The zero-order chi connectivity index (χ0) is 34.1. The van der Waals surface area contributed by atoms with E-state index in [1.165, 1.54) is 5.01 Å². The van der Waals surface area contributed by atoms with Crippen molar-refractivity contribution in [2.24, 2.45) is 16.4 Å². The molecule has 2 saturated carbocycles. The Balaban J connectivity index is 1.18. The van der Waals surface area contributed by atoms with E-state index in [1.54, 1.807) is 30.3 Å². The van der Waals surface area contributed by atoms with Crippen molar-refractivity contribution in [2.45, 2.75) is 83.3 Å². The Labute approximate surface area is 279 Å². The molecule has 0 spiro atoms. The minimum Gasteiger partial charge on any atom is -0.466 e. The predicted molar refractivity (Wildman–Crippen MR) is 177 cm³/mol. The normalized spacial score (nSPS) is 20.4. The first-order valence-corrected chi connectivity index (χ1v) is 16.5. The molecule has 0 aromatic heterocycles. The minimum absolute atomic E-state index is 0.132. The molecule has 2 fully saturated rings. The van der Waals surface area contributed by atoms with Crippen LogP contribution in [0, 0.1) is 11.3 Å². The average molecular weight is 658 g/mol. The molecule has 2 unspecified atom stereocenters. The van der Waals surface area contributed by atoms with Crippen LogP contribution in [0.25, 0.3) is 0 Å². The Kier molecular flexibility index (Phi) is 9.11. The summed E-state index contributed by atoms with van der Waals surface area (Å²) in [5, 5.41) is 8.74. The molecule has 252 valence electrons. The van der Waals surface area contributed by atoms with E-state index in [4.69, 9.17) is 9.47 Å². The number of rotatable bonds is 10. The SMILES string of the molecule is CC(C)(C)OC(=O)C1(Cc2cccc(NC(=O)C(c3ccc(CN4N=C(c5ccccc5)OCC4=O)cc3)C3CCC(F)(F)C3)c2)CC1. The van der Waals surface area contributed by atoms with Crippen LogP contribution >= 0.6 is 0 Å². The van der Waals surface area contributed by atoms with Crippen molar-refractivity contribution in [1.29, 1.82) is 0 Å². The third-order valence-corrected chi connectivity index (χ3v) is 9.14. The first kappa shape index (κ1) is 33.3. The Morgan fingerprint density at radius 1 is 1.00 bits per heavy atom. The molecule has 3 aromatic rings. The van der Waals surface area contributed by atoms with E-state index in [-0.39, 0.29) is 50.2 Å². The number of nitrogens with zero attached hydrogens (tertiary/aromatic N) is 2. The standard InChI is InChI=1S/C38H41F2N3O5/c1-36(2,3)48-35(46)37(18-19-37)21-26-8-7-11-30(20-26)41-33(45)32(29-16-17-38(39,40)22-29)27-14-12-25(13-15-27)23-43-31(44)24-47-34(42-43)28-9-5-4-6-10-28/h4-15,20,29,32H,16-19,21-24H2,1-3H3,(H,41,45). The third-order valence-electron chi connectivity index (χ3n) is 9.14. The number of hydrazone groups is 1. The molecule has 3 aliphatic rings. The fourth-order valence-electron chi connectivity index (χ4n) is 6.51. The summed E-state index contributed by atoms with van der Waals surface area (Å²) in [4.78, 5) is 39.4. The van der Waals surface area contributed by atoms with Crippen molar-refractivity contribution >= 4 is 29.4 Å². The molecular formula is C38H41F2N3O5. The number of carbonyl (C=O) groups is 3. The number of hydrogen-bond acceptors (Lipinski definition) is 6. The number of hydrogen-bond donors (Lipinski definition) is 1. The van der Waals surface area contributed by atoms with E-state index in [0.29, 0.717) is 23.6 Å². The largest absolute Gasteiger partial charge is 0.466 e. The van der Waals surface area contributed by atoms with Gasteiger partial charge in [-0.3, -0.25) is 14.4 Å². The van der Waals surface area contributed by atoms with E-state index in [2.05, 4.69) is 10.4 Å². The van der Waals surface area contributed by atoms with Crippen LogP contribution in [-0.2, 0) is 36.8 Å². The van der Waals surface area contributed by atoms with Gasteiger partial charge in [0.25, 0.3) is 5.91 Å². The zero-order valence-corrected chi connectivity index (χ0v) is 27.5. The van der Waals surface area contributed by atoms with Crippen LogP contribution in [0.4, 0.5) is 14.5 Å². The van der Waals surface area contributed by atoms with Gasteiger partial charge in [-0.25, -0.2) is 13.8 Å². The number of nitrogens with one attached hydrogen (secondary N) is 1. The van der Waals surface area contributed by atoms with Crippen LogP contribution in [0.1, 0.15) is 81.0 Å². The van der Waals surface area contributed by atoms with Crippen LogP contribution < -0.4 is 5.32 Å². The highest BCUT2D eigenvalue weighted by molar-refractivity contribution is 5.98. The van der Waals surface area contributed by atoms with E-state index in [0.717, 1.165) is 29.5 Å². The average Bonchev–Trinajstić information content (AvgIpc) is 3.73. The van der Waals surface area contributed by atoms with Crippen molar-refractivity contribution < 1.29 is 32.6 Å². The summed E-state index contributed by atoms with van der Waals surface area (Å²) >= 11 is 0. The van der Waals surface area contributed by atoms with Crippen molar-refractivity contribution in [2.75, 3.05) is 11.9 Å². The molecule has 0 saturated heterocycles. The quantitative estimate of drug-likeness (QED) is 0.232. The molecule has 3 aromatic carbocycles. The Hall–Kier alpha value is -4.60.